The molecule has 1 heterocycles. The van der Waals surface area contributed by atoms with Crippen molar-refractivity contribution in [1.29, 1.82) is 0 Å². The van der Waals surface area contributed by atoms with Crippen LogP contribution in [0.5, 0.6) is 0 Å². The van der Waals surface area contributed by atoms with Crippen molar-refractivity contribution < 1.29 is 8.95 Å². The van der Waals surface area contributed by atoms with Gasteiger partial charge in [0.15, 0.2) is 0 Å². The number of ether oxygens (including phenoxy) is 1. The van der Waals surface area contributed by atoms with Crippen LogP contribution in [-0.2, 0) is 22.0 Å². The van der Waals surface area contributed by atoms with Crippen LogP contribution in [0.1, 0.15) is 30.6 Å². The minimum absolute atomic E-state index is 0.0279. The molecule has 3 nitrogen and oxygen atoms in total. The maximum absolute atomic E-state index is 12.0. The molecule has 18 heavy (non-hydrogen) atoms. The second kappa shape index (κ2) is 6.45. The van der Waals surface area contributed by atoms with Crippen molar-refractivity contribution in [3.63, 3.8) is 0 Å². The monoisotopic (exact) mass is 267 g/mol. The molecule has 3 unspecified atom stereocenters. The highest BCUT2D eigenvalue weighted by molar-refractivity contribution is 7.85. The van der Waals surface area contributed by atoms with E-state index in [9.17, 15) is 4.21 Å². The average Bonchev–Trinajstić information content (AvgIpc) is 2.39. The number of hydrogen-bond acceptors (Lipinski definition) is 3. The van der Waals surface area contributed by atoms with E-state index >= 15 is 0 Å². The van der Waals surface area contributed by atoms with E-state index in [1.54, 1.807) is 0 Å². The van der Waals surface area contributed by atoms with Gasteiger partial charge in [0.05, 0.1) is 18.5 Å². The Labute approximate surface area is 111 Å². The largest absolute Gasteiger partial charge is 0.372 e. The Hall–Kier alpha value is -0.710. The second-order valence-corrected chi connectivity index (χ2v) is 6.30. The Bertz CT molecular complexity index is 422. The van der Waals surface area contributed by atoms with Crippen molar-refractivity contribution in [3.05, 3.63) is 35.4 Å². The van der Waals surface area contributed by atoms with E-state index in [0.717, 1.165) is 19.4 Å². The molecular formula is C14H21NO2S. The minimum Gasteiger partial charge on any atom is -0.372 e. The van der Waals surface area contributed by atoms with Gasteiger partial charge in [0.1, 0.15) is 0 Å². The molecule has 100 valence electrons. The summed E-state index contributed by atoms with van der Waals surface area (Å²) in [6, 6.07) is 8.30. The van der Waals surface area contributed by atoms with E-state index in [4.69, 9.17) is 10.5 Å². The molecular weight excluding hydrogens is 246 g/mol. The SMILES string of the molecule is CCC(N)CS(=O)CC1OCCc2ccccc21. The summed E-state index contributed by atoms with van der Waals surface area (Å²) >= 11 is 0. The zero-order valence-corrected chi connectivity index (χ0v) is 11.6. The Morgan fingerprint density at radius 3 is 3.06 bits per heavy atom. The summed E-state index contributed by atoms with van der Waals surface area (Å²) in [5, 5.41) is 0. The first-order valence-corrected chi connectivity index (χ1v) is 7.99. The van der Waals surface area contributed by atoms with Crippen molar-refractivity contribution in [2.24, 2.45) is 5.73 Å². The van der Waals surface area contributed by atoms with Crippen LogP contribution in [0.15, 0.2) is 24.3 Å². The van der Waals surface area contributed by atoms with E-state index in [1.165, 1.54) is 11.1 Å². The van der Waals surface area contributed by atoms with E-state index < -0.39 is 10.8 Å². The molecule has 0 fully saturated rings. The molecule has 0 saturated heterocycles. The van der Waals surface area contributed by atoms with Gasteiger partial charge in [0, 0.05) is 22.6 Å². The third-order valence-electron chi connectivity index (χ3n) is 3.35. The molecule has 1 aromatic carbocycles. The highest BCUT2D eigenvalue weighted by atomic mass is 32.2. The summed E-state index contributed by atoms with van der Waals surface area (Å²) in [6.45, 7) is 2.74. The van der Waals surface area contributed by atoms with Gasteiger partial charge in [0.25, 0.3) is 0 Å². The summed E-state index contributed by atoms with van der Waals surface area (Å²) in [6.07, 6.45) is 1.79. The zero-order valence-electron chi connectivity index (χ0n) is 10.8. The molecule has 1 aliphatic heterocycles. The Morgan fingerprint density at radius 2 is 2.28 bits per heavy atom. The van der Waals surface area contributed by atoms with Gasteiger partial charge in [-0.25, -0.2) is 0 Å². The summed E-state index contributed by atoms with van der Waals surface area (Å²) in [5.41, 5.74) is 8.36. The predicted molar refractivity (Wildman–Crippen MR) is 75.0 cm³/mol. The normalized spacial score (nSPS) is 22.2. The van der Waals surface area contributed by atoms with Crippen LogP contribution in [0.2, 0.25) is 0 Å². The van der Waals surface area contributed by atoms with Crippen molar-refractivity contribution in [2.75, 3.05) is 18.1 Å². The quantitative estimate of drug-likeness (QED) is 0.885. The van der Waals surface area contributed by atoms with Crippen molar-refractivity contribution >= 4 is 10.8 Å². The van der Waals surface area contributed by atoms with Gasteiger partial charge in [-0.05, 0) is 24.0 Å². The molecule has 0 radical (unpaired) electrons. The third kappa shape index (κ3) is 3.40. The highest BCUT2D eigenvalue weighted by Crippen LogP contribution is 2.27. The Balaban J connectivity index is 2.01. The molecule has 1 aromatic rings. The van der Waals surface area contributed by atoms with E-state index in [0.29, 0.717) is 11.5 Å². The van der Waals surface area contributed by atoms with Crippen LogP contribution in [-0.4, -0.2) is 28.4 Å². The fourth-order valence-electron chi connectivity index (χ4n) is 2.21. The van der Waals surface area contributed by atoms with Gasteiger partial charge in [0.2, 0.25) is 0 Å². The van der Waals surface area contributed by atoms with Gasteiger partial charge in [-0.15, -0.1) is 0 Å². The van der Waals surface area contributed by atoms with Gasteiger partial charge in [-0.1, -0.05) is 31.2 Å². The molecule has 0 amide bonds. The lowest BCUT2D eigenvalue weighted by atomic mass is 9.99. The van der Waals surface area contributed by atoms with Crippen LogP contribution in [0.25, 0.3) is 0 Å². The van der Waals surface area contributed by atoms with Gasteiger partial charge >= 0.3 is 0 Å². The maximum atomic E-state index is 12.0. The second-order valence-electron chi connectivity index (χ2n) is 4.75. The zero-order chi connectivity index (χ0) is 13.0. The van der Waals surface area contributed by atoms with Crippen LogP contribution in [0.3, 0.4) is 0 Å². The van der Waals surface area contributed by atoms with Crippen LogP contribution in [0, 0.1) is 0 Å². The summed E-state index contributed by atoms with van der Waals surface area (Å²) < 4.78 is 17.8. The van der Waals surface area contributed by atoms with E-state index in [1.807, 2.05) is 19.1 Å². The maximum Gasteiger partial charge on any atom is 0.0942 e. The summed E-state index contributed by atoms with van der Waals surface area (Å²) in [4.78, 5) is 0. The summed E-state index contributed by atoms with van der Waals surface area (Å²) in [5.74, 6) is 1.13. The summed E-state index contributed by atoms with van der Waals surface area (Å²) in [7, 11) is -0.905. The van der Waals surface area contributed by atoms with E-state index in [-0.39, 0.29) is 12.1 Å². The smallest absolute Gasteiger partial charge is 0.0942 e. The van der Waals surface area contributed by atoms with Crippen molar-refractivity contribution in [3.8, 4) is 0 Å². The molecule has 0 spiro atoms. The fourth-order valence-corrected chi connectivity index (χ4v) is 3.67. The third-order valence-corrected chi connectivity index (χ3v) is 4.83. The number of nitrogens with two attached hydrogens (primary N) is 1. The Kier molecular flexibility index (Phi) is 4.92. The van der Waals surface area contributed by atoms with Gasteiger partial charge < -0.3 is 10.5 Å². The molecule has 4 heteroatoms. The lowest BCUT2D eigenvalue weighted by Gasteiger charge is -2.26. The number of rotatable bonds is 5. The van der Waals surface area contributed by atoms with Crippen LogP contribution >= 0.6 is 0 Å². The average molecular weight is 267 g/mol. The molecule has 0 bridgehead atoms. The molecule has 0 aromatic heterocycles. The van der Waals surface area contributed by atoms with Gasteiger partial charge in [-0.3, -0.25) is 4.21 Å². The van der Waals surface area contributed by atoms with Crippen molar-refractivity contribution in [2.45, 2.75) is 31.9 Å². The molecule has 0 saturated carbocycles. The highest BCUT2D eigenvalue weighted by Gasteiger charge is 2.22. The first-order chi connectivity index (χ1) is 8.70. The molecule has 2 N–H and O–H groups in total. The molecule has 0 aliphatic carbocycles. The molecule has 1 aliphatic rings. The Morgan fingerprint density at radius 1 is 1.50 bits per heavy atom. The molecule has 3 atom stereocenters. The predicted octanol–water partition coefficient (Wildman–Crippen LogP) is 1.79. The minimum atomic E-state index is -0.905. The standard InChI is InChI=1S/C14H21NO2S/c1-2-12(15)9-18(16)10-14-13-6-4-3-5-11(13)7-8-17-14/h3-6,12,14H,2,7-10,15H2,1H3. The van der Waals surface area contributed by atoms with Crippen LogP contribution in [0.4, 0.5) is 0 Å². The first kappa shape index (κ1) is 13.7. The number of fused-ring (bicyclic) bond motifs is 1. The topological polar surface area (TPSA) is 52.3 Å². The van der Waals surface area contributed by atoms with Crippen molar-refractivity contribution in [1.82, 2.24) is 0 Å². The van der Waals surface area contributed by atoms with Crippen LogP contribution < -0.4 is 5.73 Å². The fraction of sp³-hybridized carbons (Fsp3) is 0.571. The first-order valence-electron chi connectivity index (χ1n) is 6.50. The number of benzene rings is 1. The van der Waals surface area contributed by atoms with Gasteiger partial charge in [-0.2, -0.15) is 0 Å². The molecule has 2 rings (SSSR count). The lowest BCUT2D eigenvalue weighted by Crippen LogP contribution is -2.29. The van der Waals surface area contributed by atoms with E-state index in [2.05, 4.69) is 12.1 Å². The lowest BCUT2D eigenvalue weighted by molar-refractivity contribution is 0.0582. The number of hydrogen-bond donors (Lipinski definition) is 1.